The van der Waals surface area contributed by atoms with E-state index in [0.29, 0.717) is 25.3 Å². The lowest BCUT2D eigenvalue weighted by molar-refractivity contribution is 0.0951. The average Bonchev–Trinajstić information content (AvgIpc) is 3.18. The first-order chi connectivity index (χ1) is 13.0. The van der Waals surface area contributed by atoms with Gasteiger partial charge in [-0.05, 0) is 25.1 Å². The van der Waals surface area contributed by atoms with Crippen LogP contribution in [0.3, 0.4) is 0 Å². The van der Waals surface area contributed by atoms with Gasteiger partial charge in [0.25, 0.3) is 5.91 Å². The molecule has 0 saturated carbocycles. The van der Waals surface area contributed by atoms with Gasteiger partial charge in [0.15, 0.2) is 0 Å². The molecule has 0 bridgehead atoms. The Bertz CT molecular complexity index is 984. The van der Waals surface area contributed by atoms with Gasteiger partial charge in [-0.3, -0.25) is 9.48 Å². The summed E-state index contributed by atoms with van der Waals surface area (Å²) in [7, 11) is 3.88. The summed E-state index contributed by atoms with van der Waals surface area (Å²) in [6.07, 6.45) is 1.92. The lowest BCUT2D eigenvalue weighted by Gasteiger charge is -2.27. The second kappa shape index (κ2) is 7.03. The van der Waals surface area contributed by atoms with Gasteiger partial charge in [-0.2, -0.15) is 5.10 Å². The SMILES string of the molecule is Cc1nn(C)cc1CNC(=O)c1ccc2c(c1)nc(N1CCOCC1)n2C. The Morgan fingerprint density at radius 2 is 2.04 bits per heavy atom. The number of aromatic nitrogens is 4. The van der Waals surface area contributed by atoms with Crippen molar-refractivity contribution in [3.05, 3.63) is 41.2 Å². The lowest BCUT2D eigenvalue weighted by Crippen LogP contribution is -2.37. The first kappa shape index (κ1) is 17.5. The van der Waals surface area contributed by atoms with Crippen LogP contribution < -0.4 is 10.2 Å². The second-order valence-electron chi connectivity index (χ2n) is 6.87. The monoisotopic (exact) mass is 368 g/mol. The molecule has 1 fully saturated rings. The van der Waals surface area contributed by atoms with E-state index in [1.54, 1.807) is 4.68 Å². The van der Waals surface area contributed by atoms with Gasteiger partial charge in [0.1, 0.15) is 0 Å². The molecule has 0 aliphatic carbocycles. The van der Waals surface area contributed by atoms with Crippen LogP contribution in [0.4, 0.5) is 5.95 Å². The van der Waals surface area contributed by atoms with Crippen LogP contribution in [0.2, 0.25) is 0 Å². The van der Waals surface area contributed by atoms with Crippen molar-refractivity contribution < 1.29 is 9.53 Å². The van der Waals surface area contributed by atoms with Crippen molar-refractivity contribution in [1.82, 2.24) is 24.6 Å². The zero-order valence-electron chi connectivity index (χ0n) is 15.9. The number of carbonyl (C=O) groups excluding carboxylic acids is 1. The van der Waals surface area contributed by atoms with Gasteiger partial charge in [-0.1, -0.05) is 0 Å². The van der Waals surface area contributed by atoms with Crippen LogP contribution >= 0.6 is 0 Å². The minimum atomic E-state index is -0.112. The van der Waals surface area contributed by atoms with E-state index in [4.69, 9.17) is 9.72 Å². The summed E-state index contributed by atoms with van der Waals surface area (Å²) in [5.41, 5.74) is 4.38. The smallest absolute Gasteiger partial charge is 0.251 e. The Labute approximate surface area is 157 Å². The molecule has 1 aromatic carbocycles. The van der Waals surface area contributed by atoms with Crippen molar-refractivity contribution in [3.63, 3.8) is 0 Å². The molecule has 1 N–H and O–H groups in total. The standard InChI is InChI=1S/C19H24N6O2/c1-13-15(12-23(2)22-13)11-20-18(26)14-4-5-17-16(10-14)21-19(24(17)3)25-6-8-27-9-7-25/h4-5,10,12H,6-9,11H2,1-3H3,(H,20,26). The van der Waals surface area contributed by atoms with E-state index < -0.39 is 0 Å². The van der Waals surface area contributed by atoms with Crippen LogP contribution in [0.1, 0.15) is 21.6 Å². The average molecular weight is 368 g/mol. The quantitative estimate of drug-likeness (QED) is 0.753. The Balaban J connectivity index is 1.53. The van der Waals surface area contributed by atoms with E-state index >= 15 is 0 Å². The molecule has 142 valence electrons. The van der Waals surface area contributed by atoms with Gasteiger partial charge >= 0.3 is 0 Å². The summed E-state index contributed by atoms with van der Waals surface area (Å²) in [5, 5.41) is 7.26. The maximum absolute atomic E-state index is 12.6. The Kier molecular flexibility index (Phi) is 4.57. The fourth-order valence-corrected chi connectivity index (χ4v) is 3.47. The number of carbonyl (C=O) groups is 1. The Morgan fingerprint density at radius 3 is 2.74 bits per heavy atom. The topological polar surface area (TPSA) is 77.2 Å². The fraction of sp³-hybridized carbons (Fsp3) is 0.421. The summed E-state index contributed by atoms with van der Waals surface area (Å²) >= 11 is 0. The van der Waals surface area contributed by atoms with Gasteiger partial charge < -0.3 is 19.5 Å². The summed E-state index contributed by atoms with van der Waals surface area (Å²) in [5.74, 6) is 0.801. The molecule has 0 spiro atoms. The number of imidazole rings is 1. The number of nitrogens with one attached hydrogen (secondary N) is 1. The van der Waals surface area contributed by atoms with Crippen LogP contribution in [0.5, 0.6) is 0 Å². The molecule has 8 heteroatoms. The van der Waals surface area contributed by atoms with Gasteiger partial charge in [0.05, 0.1) is 29.9 Å². The van der Waals surface area contributed by atoms with Crippen molar-refractivity contribution in [2.24, 2.45) is 14.1 Å². The van der Waals surface area contributed by atoms with Crippen LogP contribution in [0.15, 0.2) is 24.4 Å². The molecule has 3 heterocycles. The molecule has 27 heavy (non-hydrogen) atoms. The zero-order valence-corrected chi connectivity index (χ0v) is 15.9. The van der Waals surface area contributed by atoms with E-state index in [1.165, 1.54) is 0 Å². The molecule has 0 atom stereocenters. The third-order valence-electron chi connectivity index (χ3n) is 4.97. The van der Waals surface area contributed by atoms with Crippen molar-refractivity contribution in [1.29, 1.82) is 0 Å². The number of aryl methyl sites for hydroxylation is 3. The first-order valence-corrected chi connectivity index (χ1v) is 9.09. The van der Waals surface area contributed by atoms with Crippen molar-refractivity contribution in [2.75, 3.05) is 31.2 Å². The molecule has 0 unspecified atom stereocenters. The summed E-state index contributed by atoms with van der Waals surface area (Å²) in [6.45, 7) is 5.48. The second-order valence-corrected chi connectivity index (χ2v) is 6.87. The van der Waals surface area contributed by atoms with E-state index in [9.17, 15) is 4.79 Å². The number of morpholine rings is 1. The van der Waals surface area contributed by atoms with Gasteiger partial charge in [-0.25, -0.2) is 4.98 Å². The van der Waals surface area contributed by atoms with Crippen LogP contribution in [-0.4, -0.2) is 51.5 Å². The number of benzene rings is 1. The first-order valence-electron chi connectivity index (χ1n) is 9.09. The number of hydrogen-bond donors (Lipinski definition) is 1. The molecule has 1 saturated heterocycles. The number of anilines is 1. The summed E-state index contributed by atoms with van der Waals surface area (Å²) in [6, 6.07) is 5.65. The molecular formula is C19H24N6O2. The maximum atomic E-state index is 12.6. The molecule has 8 nitrogen and oxygen atoms in total. The third-order valence-corrected chi connectivity index (χ3v) is 4.97. The lowest BCUT2D eigenvalue weighted by atomic mass is 10.2. The van der Waals surface area contributed by atoms with Crippen LogP contribution in [0.25, 0.3) is 11.0 Å². The third kappa shape index (κ3) is 3.40. The molecule has 1 aliphatic rings. The van der Waals surface area contributed by atoms with E-state index in [2.05, 4.69) is 19.9 Å². The highest BCUT2D eigenvalue weighted by molar-refractivity contribution is 5.97. The fourth-order valence-electron chi connectivity index (χ4n) is 3.47. The number of amides is 1. The predicted molar refractivity (Wildman–Crippen MR) is 103 cm³/mol. The van der Waals surface area contributed by atoms with Crippen molar-refractivity contribution >= 4 is 22.9 Å². The summed E-state index contributed by atoms with van der Waals surface area (Å²) in [4.78, 5) is 19.5. The minimum Gasteiger partial charge on any atom is -0.378 e. The number of ether oxygens (including phenoxy) is 1. The normalized spacial score (nSPS) is 14.7. The van der Waals surface area contributed by atoms with Crippen LogP contribution in [0, 0.1) is 6.92 Å². The molecule has 2 aromatic heterocycles. The van der Waals surface area contributed by atoms with Gasteiger partial charge in [0.2, 0.25) is 5.95 Å². The minimum absolute atomic E-state index is 0.112. The molecular weight excluding hydrogens is 344 g/mol. The van der Waals surface area contributed by atoms with Crippen molar-refractivity contribution in [2.45, 2.75) is 13.5 Å². The highest BCUT2D eigenvalue weighted by Gasteiger charge is 2.18. The molecule has 0 radical (unpaired) electrons. The predicted octanol–water partition coefficient (Wildman–Crippen LogP) is 1.38. The number of hydrogen-bond acceptors (Lipinski definition) is 5. The zero-order chi connectivity index (χ0) is 19.0. The molecule has 1 amide bonds. The van der Waals surface area contributed by atoms with Crippen LogP contribution in [-0.2, 0) is 25.4 Å². The van der Waals surface area contributed by atoms with Crippen molar-refractivity contribution in [3.8, 4) is 0 Å². The largest absolute Gasteiger partial charge is 0.378 e. The maximum Gasteiger partial charge on any atom is 0.251 e. The van der Waals surface area contributed by atoms with Gasteiger partial charge in [0, 0.05) is 51.1 Å². The van der Waals surface area contributed by atoms with Gasteiger partial charge in [-0.15, -0.1) is 0 Å². The van der Waals surface area contributed by atoms with E-state index in [0.717, 1.165) is 41.3 Å². The Hall–Kier alpha value is -2.87. The van der Waals surface area contributed by atoms with E-state index in [1.807, 2.05) is 45.4 Å². The molecule has 4 rings (SSSR count). The number of nitrogens with zero attached hydrogens (tertiary/aromatic N) is 5. The molecule has 3 aromatic rings. The number of rotatable bonds is 4. The Morgan fingerprint density at radius 1 is 1.26 bits per heavy atom. The number of fused-ring (bicyclic) bond motifs is 1. The highest BCUT2D eigenvalue weighted by atomic mass is 16.5. The highest BCUT2D eigenvalue weighted by Crippen LogP contribution is 2.23. The summed E-state index contributed by atoms with van der Waals surface area (Å²) < 4.78 is 9.25. The van der Waals surface area contributed by atoms with E-state index in [-0.39, 0.29) is 5.91 Å². The molecule has 1 aliphatic heterocycles.